The Balaban J connectivity index is 2.33. The van der Waals surface area contributed by atoms with Crippen molar-refractivity contribution >= 4 is 29.3 Å². The summed E-state index contributed by atoms with van der Waals surface area (Å²) in [5.74, 6) is 0.828. The molecule has 4 nitrogen and oxygen atoms in total. The minimum absolute atomic E-state index is 0.192. The Bertz CT molecular complexity index is 431. The van der Waals surface area contributed by atoms with Gasteiger partial charge in [0.15, 0.2) is 5.96 Å². The van der Waals surface area contributed by atoms with Crippen molar-refractivity contribution in [2.45, 2.75) is 25.0 Å². The second-order valence-corrected chi connectivity index (χ2v) is 6.96. The van der Waals surface area contributed by atoms with Gasteiger partial charge in [0.2, 0.25) is 0 Å². The molecule has 0 saturated heterocycles. The SMILES string of the molecule is CN=C(NCCc1ccc(Cl)nc1)NCC(C)(C)SC. The third-order valence-corrected chi connectivity index (χ3v) is 4.43. The standard InChI is InChI=1S/C14H23ClN4S/c1-14(2,20-4)10-19-13(16-3)17-8-7-11-5-6-12(15)18-9-11/h5-6,9H,7-8,10H2,1-4H3,(H2,16,17,19). The second-order valence-electron chi connectivity index (χ2n) is 5.06. The average molecular weight is 315 g/mol. The number of aromatic nitrogens is 1. The number of aliphatic imine (C=N–C) groups is 1. The Labute approximate surface area is 130 Å². The largest absolute Gasteiger partial charge is 0.356 e. The third kappa shape index (κ3) is 6.48. The Kier molecular flexibility index (Phi) is 7.16. The summed E-state index contributed by atoms with van der Waals surface area (Å²) in [6.07, 6.45) is 4.80. The smallest absolute Gasteiger partial charge is 0.191 e. The van der Waals surface area contributed by atoms with E-state index >= 15 is 0 Å². The van der Waals surface area contributed by atoms with Gasteiger partial charge in [0.05, 0.1) is 0 Å². The lowest BCUT2D eigenvalue weighted by atomic mass is 10.2. The van der Waals surface area contributed by atoms with Crippen molar-refractivity contribution < 1.29 is 0 Å². The summed E-state index contributed by atoms with van der Waals surface area (Å²) in [7, 11) is 1.78. The van der Waals surface area contributed by atoms with Gasteiger partial charge in [0.1, 0.15) is 5.15 Å². The third-order valence-electron chi connectivity index (χ3n) is 2.95. The van der Waals surface area contributed by atoms with E-state index in [1.165, 1.54) is 0 Å². The van der Waals surface area contributed by atoms with E-state index in [2.05, 4.69) is 40.7 Å². The van der Waals surface area contributed by atoms with Crippen LogP contribution in [0.25, 0.3) is 0 Å². The van der Waals surface area contributed by atoms with Crippen LogP contribution in [0.5, 0.6) is 0 Å². The summed E-state index contributed by atoms with van der Waals surface area (Å²) in [6.45, 7) is 6.09. The topological polar surface area (TPSA) is 49.3 Å². The van der Waals surface area contributed by atoms with Crippen molar-refractivity contribution in [1.29, 1.82) is 0 Å². The zero-order valence-electron chi connectivity index (χ0n) is 12.5. The highest BCUT2D eigenvalue weighted by atomic mass is 35.5. The highest BCUT2D eigenvalue weighted by Crippen LogP contribution is 2.19. The Hall–Kier alpha value is -0.940. The molecule has 20 heavy (non-hydrogen) atoms. The van der Waals surface area contributed by atoms with Crippen LogP contribution in [0, 0.1) is 0 Å². The summed E-state index contributed by atoms with van der Waals surface area (Å²) in [5.41, 5.74) is 1.15. The van der Waals surface area contributed by atoms with Crippen molar-refractivity contribution in [3.8, 4) is 0 Å². The maximum Gasteiger partial charge on any atom is 0.191 e. The molecule has 0 aromatic carbocycles. The molecular weight excluding hydrogens is 292 g/mol. The van der Waals surface area contributed by atoms with E-state index in [-0.39, 0.29) is 4.75 Å². The molecule has 1 aromatic rings. The molecule has 6 heteroatoms. The van der Waals surface area contributed by atoms with E-state index in [1.54, 1.807) is 13.2 Å². The minimum Gasteiger partial charge on any atom is -0.356 e. The molecule has 0 fully saturated rings. The van der Waals surface area contributed by atoms with Crippen molar-refractivity contribution in [1.82, 2.24) is 15.6 Å². The second kappa shape index (κ2) is 8.37. The molecule has 0 spiro atoms. The summed E-state index contributed by atoms with van der Waals surface area (Å²) >= 11 is 7.59. The number of nitrogens with one attached hydrogen (secondary N) is 2. The summed E-state index contributed by atoms with van der Waals surface area (Å²) in [6, 6.07) is 3.80. The summed E-state index contributed by atoms with van der Waals surface area (Å²) in [5, 5.41) is 7.16. The van der Waals surface area contributed by atoms with Gasteiger partial charge in [-0.15, -0.1) is 0 Å². The number of nitrogens with zero attached hydrogens (tertiary/aromatic N) is 2. The lowest BCUT2D eigenvalue weighted by Crippen LogP contribution is -2.43. The van der Waals surface area contributed by atoms with Crippen molar-refractivity contribution in [2.75, 3.05) is 26.4 Å². The fourth-order valence-electron chi connectivity index (χ4n) is 1.47. The first-order chi connectivity index (χ1) is 9.46. The number of rotatable bonds is 6. The molecule has 0 saturated carbocycles. The van der Waals surface area contributed by atoms with Crippen LogP contribution in [0.3, 0.4) is 0 Å². The first-order valence-electron chi connectivity index (χ1n) is 6.57. The molecule has 1 rings (SSSR count). The molecule has 0 bridgehead atoms. The van der Waals surface area contributed by atoms with Crippen LogP contribution in [-0.4, -0.2) is 42.1 Å². The van der Waals surface area contributed by atoms with E-state index < -0.39 is 0 Å². The van der Waals surface area contributed by atoms with Gasteiger partial charge >= 0.3 is 0 Å². The van der Waals surface area contributed by atoms with Crippen LogP contribution < -0.4 is 10.6 Å². The zero-order chi connectivity index (χ0) is 15.0. The van der Waals surface area contributed by atoms with Crippen LogP contribution in [0.2, 0.25) is 5.15 Å². The molecule has 2 N–H and O–H groups in total. The number of thioether (sulfide) groups is 1. The van der Waals surface area contributed by atoms with Crippen LogP contribution in [0.1, 0.15) is 19.4 Å². The minimum atomic E-state index is 0.192. The van der Waals surface area contributed by atoms with Crippen LogP contribution >= 0.6 is 23.4 Å². The first kappa shape index (κ1) is 17.1. The Morgan fingerprint density at radius 1 is 1.40 bits per heavy atom. The van der Waals surface area contributed by atoms with E-state index in [4.69, 9.17) is 11.6 Å². The number of hydrogen-bond donors (Lipinski definition) is 2. The maximum absolute atomic E-state index is 5.76. The highest BCUT2D eigenvalue weighted by molar-refractivity contribution is 7.99. The first-order valence-corrected chi connectivity index (χ1v) is 8.17. The molecule has 0 unspecified atom stereocenters. The molecule has 0 amide bonds. The van der Waals surface area contributed by atoms with Crippen LogP contribution in [0.15, 0.2) is 23.3 Å². The number of hydrogen-bond acceptors (Lipinski definition) is 3. The van der Waals surface area contributed by atoms with Gasteiger partial charge in [0, 0.05) is 31.1 Å². The molecule has 1 aromatic heterocycles. The van der Waals surface area contributed by atoms with E-state index in [9.17, 15) is 0 Å². The number of halogens is 1. The molecule has 0 aliphatic heterocycles. The monoisotopic (exact) mass is 314 g/mol. The summed E-state index contributed by atoms with van der Waals surface area (Å²) < 4.78 is 0.192. The molecule has 0 aliphatic rings. The highest BCUT2D eigenvalue weighted by Gasteiger charge is 2.15. The maximum atomic E-state index is 5.76. The molecule has 0 atom stereocenters. The fourth-order valence-corrected chi connectivity index (χ4v) is 1.80. The fraction of sp³-hybridized carbons (Fsp3) is 0.571. The van der Waals surface area contributed by atoms with Gasteiger partial charge in [-0.05, 0) is 38.2 Å². The molecule has 112 valence electrons. The zero-order valence-corrected chi connectivity index (χ0v) is 14.1. The predicted molar refractivity (Wildman–Crippen MR) is 89.9 cm³/mol. The van der Waals surface area contributed by atoms with E-state index in [0.29, 0.717) is 5.15 Å². The van der Waals surface area contributed by atoms with Gasteiger partial charge in [-0.25, -0.2) is 4.98 Å². The Morgan fingerprint density at radius 3 is 2.70 bits per heavy atom. The van der Waals surface area contributed by atoms with Crippen molar-refractivity contribution in [2.24, 2.45) is 4.99 Å². The van der Waals surface area contributed by atoms with Crippen molar-refractivity contribution in [3.63, 3.8) is 0 Å². The Morgan fingerprint density at radius 2 is 2.15 bits per heavy atom. The van der Waals surface area contributed by atoms with Gasteiger partial charge < -0.3 is 10.6 Å². The summed E-state index contributed by atoms with van der Waals surface area (Å²) in [4.78, 5) is 8.28. The molecule has 1 heterocycles. The van der Waals surface area contributed by atoms with Crippen LogP contribution in [-0.2, 0) is 6.42 Å². The molecule has 0 radical (unpaired) electrons. The van der Waals surface area contributed by atoms with Crippen LogP contribution in [0.4, 0.5) is 0 Å². The van der Waals surface area contributed by atoms with E-state index in [0.717, 1.165) is 31.0 Å². The quantitative estimate of drug-likeness (QED) is 0.481. The van der Waals surface area contributed by atoms with Gasteiger partial charge in [0.25, 0.3) is 0 Å². The average Bonchev–Trinajstić information content (AvgIpc) is 2.44. The lowest BCUT2D eigenvalue weighted by Gasteiger charge is -2.23. The predicted octanol–water partition coefficient (Wildman–Crippen LogP) is 2.58. The van der Waals surface area contributed by atoms with Gasteiger partial charge in [-0.3, -0.25) is 4.99 Å². The molecule has 0 aliphatic carbocycles. The number of guanidine groups is 1. The van der Waals surface area contributed by atoms with E-state index in [1.807, 2.05) is 23.9 Å². The lowest BCUT2D eigenvalue weighted by molar-refractivity contribution is 0.664. The van der Waals surface area contributed by atoms with Gasteiger partial charge in [-0.2, -0.15) is 11.8 Å². The normalized spacial score (nSPS) is 12.3. The van der Waals surface area contributed by atoms with Crippen molar-refractivity contribution in [3.05, 3.63) is 29.0 Å². The molecular formula is C14H23ClN4S. The van der Waals surface area contributed by atoms with Gasteiger partial charge in [-0.1, -0.05) is 17.7 Å². The number of pyridine rings is 1.